The molecule has 0 saturated carbocycles. The van der Waals surface area contributed by atoms with E-state index in [4.69, 9.17) is 14.2 Å². The van der Waals surface area contributed by atoms with E-state index in [9.17, 15) is 9.59 Å². The molecule has 1 rings (SSSR count). The molecule has 350 valence electrons. The van der Waals surface area contributed by atoms with Gasteiger partial charge < -0.3 is 19.1 Å². The molecule has 1 heterocycles. The minimum atomic E-state index is 0.0102. The van der Waals surface area contributed by atoms with Crippen molar-refractivity contribution >= 4 is 11.9 Å². The molecule has 1 aliphatic heterocycles. The molecule has 6 heteroatoms. The summed E-state index contributed by atoms with van der Waals surface area (Å²) in [6, 6.07) is 0. The Kier molecular flexibility index (Phi) is 41.2. The number of hydrogen-bond acceptors (Lipinski definition) is 6. The third-order valence-corrected chi connectivity index (χ3v) is 13.2. The van der Waals surface area contributed by atoms with Crippen molar-refractivity contribution in [3.8, 4) is 0 Å². The van der Waals surface area contributed by atoms with Gasteiger partial charge in [0.15, 0.2) is 0 Å². The van der Waals surface area contributed by atoms with Gasteiger partial charge in [-0.05, 0) is 95.7 Å². The Morgan fingerprint density at radius 2 is 0.780 bits per heavy atom. The summed E-state index contributed by atoms with van der Waals surface area (Å²) in [5, 5.41) is 0. The second-order valence-corrected chi connectivity index (χ2v) is 18.8. The van der Waals surface area contributed by atoms with Gasteiger partial charge in [-0.25, -0.2) is 0 Å². The van der Waals surface area contributed by atoms with Crippen molar-refractivity contribution in [1.29, 1.82) is 0 Å². The van der Waals surface area contributed by atoms with Crippen LogP contribution in [0.1, 0.15) is 272 Å². The van der Waals surface area contributed by atoms with Crippen LogP contribution in [0.15, 0.2) is 0 Å². The van der Waals surface area contributed by atoms with Gasteiger partial charge in [-0.15, -0.1) is 0 Å². The van der Waals surface area contributed by atoms with Gasteiger partial charge in [0.25, 0.3) is 0 Å². The molecule has 59 heavy (non-hydrogen) atoms. The maximum atomic E-state index is 12.4. The number of carbonyl (C=O) groups is 2. The molecule has 0 amide bonds. The standard InChI is InChI=1S/C53H103NO5/c1-5-9-21-33-49(34-22-10-6-2)41-47-58-52(55)39-27-19-15-13-17-25-37-51(57-46-32-31-45-54-43-29-30-44-54)38-26-18-14-16-20-28-40-53(56)59-48-42-50(35-23-11-7-3)36-24-12-8-4/h49-51H,5-48H2,1-4H3. The lowest BCUT2D eigenvalue weighted by molar-refractivity contribution is -0.145. The van der Waals surface area contributed by atoms with Gasteiger partial charge in [0.1, 0.15) is 0 Å². The summed E-state index contributed by atoms with van der Waals surface area (Å²) >= 11 is 0. The molecule has 0 radical (unpaired) electrons. The Balaban J connectivity index is 2.21. The summed E-state index contributed by atoms with van der Waals surface area (Å²) < 4.78 is 17.9. The van der Waals surface area contributed by atoms with Crippen LogP contribution in [0.25, 0.3) is 0 Å². The number of likely N-dealkylation sites (tertiary alicyclic amines) is 1. The molecule has 1 saturated heterocycles. The van der Waals surface area contributed by atoms with Gasteiger partial charge in [0, 0.05) is 19.4 Å². The minimum absolute atomic E-state index is 0.0102. The van der Waals surface area contributed by atoms with E-state index in [0.717, 1.165) is 57.0 Å². The normalized spacial score (nSPS) is 13.4. The molecule has 0 N–H and O–H groups in total. The summed E-state index contributed by atoms with van der Waals surface area (Å²) in [5.74, 6) is 1.46. The van der Waals surface area contributed by atoms with Crippen molar-refractivity contribution in [3.63, 3.8) is 0 Å². The van der Waals surface area contributed by atoms with Crippen LogP contribution < -0.4 is 0 Å². The van der Waals surface area contributed by atoms with Crippen LogP contribution in [-0.4, -0.2) is 62.4 Å². The van der Waals surface area contributed by atoms with Gasteiger partial charge in [0.05, 0.1) is 19.3 Å². The maximum Gasteiger partial charge on any atom is 0.305 e. The average Bonchev–Trinajstić information content (AvgIpc) is 3.76. The fourth-order valence-corrected chi connectivity index (χ4v) is 9.12. The monoisotopic (exact) mass is 834 g/mol. The molecule has 0 atom stereocenters. The highest BCUT2D eigenvalue weighted by molar-refractivity contribution is 5.69. The molecule has 0 aromatic heterocycles. The van der Waals surface area contributed by atoms with Gasteiger partial charge in [-0.3, -0.25) is 9.59 Å². The van der Waals surface area contributed by atoms with E-state index in [2.05, 4.69) is 32.6 Å². The highest BCUT2D eigenvalue weighted by atomic mass is 16.5. The number of ether oxygens (including phenoxy) is 3. The number of hydrogen-bond donors (Lipinski definition) is 0. The molecule has 0 aliphatic carbocycles. The van der Waals surface area contributed by atoms with Gasteiger partial charge in [0.2, 0.25) is 0 Å². The lowest BCUT2D eigenvalue weighted by Gasteiger charge is -2.19. The van der Waals surface area contributed by atoms with Gasteiger partial charge in [-0.1, -0.05) is 195 Å². The first-order chi connectivity index (χ1) is 29.0. The molecule has 0 spiro atoms. The van der Waals surface area contributed by atoms with Crippen LogP contribution in [0, 0.1) is 11.8 Å². The van der Waals surface area contributed by atoms with Crippen LogP contribution in [-0.2, 0) is 23.8 Å². The minimum Gasteiger partial charge on any atom is -0.466 e. The highest BCUT2D eigenvalue weighted by Gasteiger charge is 2.14. The third kappa shape index (κ3) is 37.2. The zero-order valence-electron chi connectivity index (χ0n) is 40.3. The zero-order valence-corrected chi connectivity index (χ0v) is 40.3. The Labute approximate surface area is 368 Å². The molecule has 1 fully saturated rings. The fraction of sp³-hybridized carbons (Fsp3) is 0.962. The van der Waals surface area contributed by atoms with E-state index >= 15 is 0 Å². The van der Waals surface area contributed by atoms with Crippen molar-refractivity contribution in [3.05, 3.63) is 0 Å². The van der Waals surface area contributed by atoms with Crippen LogP contribution in [0.5, 0.6) is 0 Å². The predicted molar refractivity (Wildman–Crippen MR) is 253 cm³/mol. The average molecular weight is 834 g/mol. The van der Waals surface area contributed by atoms with E-state index in [0.29, 0.717) is 32.2 Å². The van der Waals surface area contributed by atoms with Crippen molar-refractivity contribution in [2.75, 3.05) is 39.5 Å². The van der Waals surface area contributed by atoms with E-state index in [1.165, 1.54) is 212 Å². The van der Waals surface area contributed by atoms with Crippen molar-refractivity contribution in [2.24, 2.45) is 11.8 Å². The summed E-state index contributed by atoms with van der Waals surface area (Å²) in [6.45, 7) is 15.0. The fourth-order valence-electron chi connectivity index (χ4n) is 9.12. The smallest absolute Gasteiger partial charge is 0.305 e. The molecule has 0 bridgehead atoms. The van der Waals surface area contributed by atoms with Crippen molar-refractivity contribution in [1.82, 2.24) is 4.90 Å². The summed E-state index contributed by atoms with van der Waals surface area (Å²) in [5.41, 5.74) is 0. The van der Waals surface area contributed by atoms with E-state index in [-0.39, 0.29) is 11.9 Å². The number of unbranched alkanes of at least 4 members (excludes halogenated alkanes) is 19. The number of carbonyl (C=O) groups excluding carboxylic acids is 2. The number of esters is 2. The molecule has 0 aromatic rings. The largest absolute Gasteiger partial charge is 0.466 e. The van der Waals surface area contributed by atoms with Gasteiger partial charge in [-0.2, -0.15) is 0 Å². The van der Waals surface area contributed by atoms with Crippen molar-refractivity contribution < 1.29 is 23.8 Å². The van der Waals surface area contributed by atoms with E-state index < -0.39 is 0 Å². The van der Waals surface area contributed by atoms with Crippen LogP contribution in [0.4, 0.5) is 0 Å². The summed E-state index contributed by atoms with van der Waals surface area (Å²) in [7, 11) is 0. The first-order valence-corrected chi connectivity index (χ1v) is 26.7. The zero-order chi connectivity index (χ0) is 42.7. The molecule has 0 aromatic carbocycles. The maximum absolute atomic E-state index is 12.4. The Morgan fingerprint density at radius 1 is 0.407 bits per heavy atom. The first-order valence-electron chi connectivity index (χ1n) is 26.7. The Bertz CT molecular complexity index is 813. The SMILES string of the molecule is CCCCCC(CCCCC)CCOC(=O)CCCCCCCCC(CCCCCCCCC(=O)OCCC(CCCCC)CCCCC)OCCCCN1CCCC1. The second kappa shape index (κ2) is 43.5. The molecular weight excluding hydrogens is 731 g/mol. The quantitative estimate of drug-likeness (QED) is 0.0450. The molecule has 1 aliphatic rings. The van der Waals surface area contributed by atoms with E-state index in [1.807, 2.05) is 0 Å². The predicted octanol–water partition coefficient (Wildman–Crippen LogP) is 15.9. The van der Waals surface area contributed by atoms with Crippen molar-refractivity contribution in [2.45, 2.75) is 278 Å². The number of rotatable bonds is 46. The molecule has 6 nitrogen and oxygen atoms in total. The van der Waals surface area contributed by atoms with E-state index in [1.54, 1.807) is 0 Å². The Morgan fingerprint density at radius 3 is 1.19 bits per heavy atom. The second-order valence-electron chi connectivity index (χ2n) is 18.8. The lowest BCUT2D eigenvalue weighted by atomic mass is 9.92. The number of nitrogens with zero attached hydrogens (tertiary/aromatic N) is 1. The van der Waals surface area contributed by atoms with Gasteiger partial charge >= 0.3 is 11.9 Å². The molecule has 0 unspecified atom stereocenters. The van der Waals surface area contributed by atoms with Crippen LogP contribution >= 0.6 is 0 Å². The third-order valence-electron chi connectivity index (χ3n) is 13.2. The lowest BCUT2D eigenvalue weighted by Crippen LogP contribution is -2.21. The summed E-state index contributed by atoms with van der Waals surface area (Å²) in [4.78, 5) is 27.4. The Hall–Kier alpha value is -1.14. The van der Waals surface area contributed by atoms with Crippen LogP contribution in [0.2, 0.25) is 0 Å². The first kappa shape index (κ1) is 55.9. The summed E-state index contributed by atoms with van der Waals surface area (Å²) in [6.07, 6.45) is 46.1. The molecular formula is C53H103NO5. The highest BCUT2D eigenvalue weighted by Crippen LogP contribution is 2.23. The topological polar surface area (TPSA) is 65.1 Å². The van der Waals surface area contributed by atoms with Crippen LogP contribution in [0.3, 0.4) is 0 Å².